The van der Waals surface area contributed by atoms with E-state index in [0.29, 0.717) is 22.1 Å². The smallest absolute Gasteiger partial charge is 0.365 e. The van der Waals surface area contributed by atoms with E-state index in [1.165, 1.54) is 35.6 Å². The van der Waals surface area contributed by atoms with Gasteiger partial charge in [0.25, 0.3) is 5.91 Å². The van der Waals surface area contributed by atoms with Gasteiger partial charge in [-0.25, -0.2) is 19.3 Å². The van der Waals surface area contributed by atoms with Crippen molar-refractivity contribution >= 4 is 22.9 Å². The number of aromatic amines is 1. The third-order valence-electron chi connectivity index (χ3n) is 3.80. The maximum Gasteiger partial charge on any atom is 0.365 e. The number of thiazole rings is 1. The Kier molecular flexibility index (Phi) is 5.12. The number of anilines is 1. The molecule has 0 fully saturated rings. The monoisotopic (exact) mass is 412 g/mol. The fraction of sp³-hybridized carbons (Fsp3) is 0.0556. The van der Waals surface area contributed by atoms with Crippen LogP contribution >= 0.6 is 11.3 Å². The van der Waals surface area contributed by atoms with E-state index in [-0.39, 0.29) is 24.0 Å². The number of benzene rings is 2. The molecular formula is C18H13FN6O3S. The second kappa shape index (κ2) is 8.02. The second-order valence-electron chi connectivity index (χ2n) is 5.79. The molecular weight excluding hydrogens is 399 g/mol. The van der Waals surface area contributed by atoms with Gasteiger partial charge < -0.3 is 10.1 Å². The molecule has 4 aromatic rings. The molecule has 4 rings (SSSR count). The van der Waals surface area contributed by atoms with Gasteiger partial charge in [-0.15, -0.1) is 11.3 Å². The van der Waals surface area contributed by atoms with Gasteiger partial charge in [0.1, 0.15) is 28.9 Å². The van der Waals surface area contributed by atoms with Crippen LogP contribution in [0.15, 0.2) is 58.7 Å². The predicted molar refractivity (Wildman–Crippen MR) is 103 cm³/mol. The molecule has 2 aromatic heterocycles. The quantitative estimate of drug-likeness (QED) is 0.503. The summed E-state index contributed by atoms with van der Waals surface area (Å²) in [6.45, 7) is 0.171. The average Bonchev–Trinajstić information content (AvgIpc) is 3.37. The summed E-state index contributed by atoms with van der Waals surface area (Å²) in [6.07, 6.45) is 0. The highest BCUT2D eigenvalue weighted by Gasteiger charge is 2.12. The summed E-state index contributed by atoms with van der Waals surface area (Å²) in [4.78, 5) is 28.1. The molecule has 2 aromatic carbocycles. The second-order valence-corrected chi connectivity index (χ2v) is 6.73. The number of hydrogen-bond acceptors (Lipinski definition) is 7. The molecule has 146 valence electrons. The number of H-pyrrole nitrogens is 1. The molecule has 9 nitrogen and oxygen atoms in total. The van der Waals surface area contributed by atoms with Gasteiger partial charge in [0.15, 0.2) is 0 Å². The Morgan fingerprint density at radius 3 is 2.62 bits per heavy atom. The van der Waals surface area contributed by atoms with Crippen LogP contribution in [0, 0.1) is 5.82 Å². The molecule has 0 atom stereocenters. The average molecular weight is 412 g/mol. The van der Waals surface area contributed by atoms with E-state index in [4.69, 9.17) is 4.74 Å². The molecule has 1 amide bonds. The van der Waals surface area contributed by atoms with Crippen LogP contribution in [0.5, 0.6) is 5.75 Å². The number of nitrogens with zero attached hydrogens (tertiary/aromatic N) is 4. The number of halogens is 1. The van der Waals surface area contributed by atoms with E-state index in [1.807, 2.05) is 0 Å². The Morgan fingerprint density at radius 2 is 1.93 bits per heavy atom. The topological polar surface area (TPSA) is 115 Å². The van der Waals surface area contributed by atoms with Crippen LogP contribution < -0.4 is 15.7 Å². The van der Waals surface area contributed by atoms with Crippen molar-refractivity contribution in [2.45, 2.75) is 6.61 Å². The lowest BCUT2D eigenvalue weighted by Crippen LogP contribution is -2.16. The zero-order valence-electron chi connectivity index (χ0n) is 14.7. The Balaban J connectivity index is 1.37. The fourth-order valence-electron chi connectivity index (χ4n) is 2.41. The van der Waals surface area contributed by atoms with E-state index >= 15 is 0 Å². The molecule has 0 saturated carbocycles. The number of carbonyl (C=O) groups excluding carboxylic acids is 1. The van der Waals surface area contributed by atoms with Gasteiger partial charge in [-0.1, -0.05) is 0 Å². The lowest BCUT2D eigenvalue weighted by Gasteiger charge is -2.05. The molecule has 0 radical (unpaired) electrons. The number of carbonyl (C=O) groups is 1. The van der Waals surface area contributed by atoms with Crippen LogP contribution in [0.1, 0.15) is 15.5 Å². The number of amides is 1. The normalized spacial score (nSPS) is 10.7. The summed E-state index contributed by atoms with van der Waals surface area (Å²) >= 11 is 1.29. The maximum absolute atomic E-state index is 12.9. The van der Waals surface area contributed by atoms with Crippen molar-refractivity contribution in [3.8, 4) is 11.4 Å². The van der Waals surface area contributed by atoms with Gasteiger partial charge in [0.05, 0.1) is 5.69 Å². The van der Waals surface area contributed by atoms with Gasteiger partial charge in [-0.05, 0) is 59.0 Å². The van der Waals surface area contributed by atoms with E-state index in [2.05, 4.69) is 25.8 Å². The first-order valence-electron chi connectivity index (χ1n) is 8.33. The van der Waals surface area contributed by atoms with E-state index in [0.717, 1.165) is 4.68 Å². The van der Waals surface area contributed by atoms with Gasteiger partial charge in [-0.2, -0.15) is 4.68 Å². The molecule has 0 spiro atoms. The number of rotatable bonds is 6. The zero-order chi connectivity index (χ0) is 20.2. The van der Waals surface area contributed by atoms with Gasteiger partial charge in [-0.3, -0.25) is 4.79 Å². The lowest BCUT2D eigenvalue weighted by molar-refractivity contribution is 0.102. The van der Waals surface area contributed by atoms with Crippen molar-refractivity contribution in [3.63, 3.8) is 0 Å². The molecule has 29 heavy (non-hydrogen) atoms. The Bertz CT molecular complexity index is 1180. The first-order chi connectivity index (χ1) is 14.1. The SMILES string of the molecule is O=C(Nc1ccc(-n2nn[nH]c2=O)cc1)c1csc(COc2ccc(F)cc2)n1. The van der Waals surface area contributed by atoms with Crippen molar-refractivity contribution in [2.24, 2.45) is 0 Å². The number of hydrogen-bond donors (Lipinski definition) is 2. The summed E-state index contributed by atoms with van der Waals surface area (Å²) in [5.41, 5.74) is 0.840. The lowest BCUT2D eigenvalue weighted by atomic mass is 10.2. The number of ether oxygens (including phenoxy) is 1. The molecule has 11 heteroatoms. The van der Waals surface area contributed by atoms with Gasteiger partial charge >= 0.3 is 5.69 Å². The Hall–Kier alpha value is -3.86. The highest BCUT2D eigenvalue weighted by molar-refractivity contribution is 7.09. The molecule has 0 saturated heterocycles. The molecule has 0 bridgehead atoms. The van der Waals surface area contributed by atoms with E-state index in [9.17, 15) is 14.0 Å². The van der Waals surface area contributed by atoms with Crippen LogP contribution in [0.4, 0.5) is 10.1 Å². The maximum atomic E-state index is 12.9. The Morgan fingerprint density at radius 1 is 1.17 bits per heavy atom. The summed E-state index contributed by atoms with van der Waals surface area (Å²) in [5.74, 6) is -0.203. The van der Waals surface area contributed by atoms with Gasteiger partial charge in [0, 0.05) is 11.1 Å². The third-order valence-corrected chi connectivity index (χ3v) is 4.62. The number of tetrazole rings is 1. The van der Waals surface area contributed by atoms with Crippen molar-refractivity contribution < 1.29 is 13.9 Å². The Labute approximate surface area is 166 Å². The van der Waals surface area contributed by atoms with E-state index < -0.39 is 5.69 Å². The molecule has 2 heterocycles. The minimum atomic E-state index is -0.459. The first kappa shape index (κ1) is 18.5. The van der Waals surface area contributed by atoms with Crippen LogP contribution in [-0.2, 0) is 6.61 Å². The minimum Gasteiger partial charge on any atom is -0.486 e. The standard InChI is InChI=1S/C18H13FN6O3S/c19-11-1-7-14(8-2-11)28-9-16-21-15(10-29-16)17(26)20-12-3-5-13(6-4-12)25-18(27)22-23-24-25/h1-8,10H,9H2,(H,20,26)(H,22,24,27). The highest BCUT2D eigenvalue weighted by Crippen LogP contribution is 2.17. The molecule has 0 unspecified atom stereocenters. The summed E-state index contributed by atoms with van der Waals surface area (Å²) in [7, 11) is 0. The zero-order valence-corrected chi connectivity index (χ0v) is 15.5. The van der Waals surface area contributed by atoms with Crippen molar-refractivity contribution in [1.82, 2.24) is 25.2 Å². The number of nitrogens with one attached hydrogen (secondary N) is 2. The van der Waals surface area contributed by atoms with Crippen LogP contribution in [0.3, 0.4) is 0 Å². The predicted octanol–water partition coefficient (Wildman–Crippen LogP) is 2.38. The fourth-order valence-corrected chi connectivity index (χ4v) is 3.09. The van der Waals surface area contributed by atoms with Crippen LogP contribution in [-0.4, -0.2) is 31.1 Å². The molecule has 0 aliphatic carbocycles. The largest absolute Gasteiger partial charge is 0.486 e. The van der Waals surface area contributed by atoms with Crippen molar-refractivity contribution in [2.75, 3.05) is 5.32 Å². The number of aromatic nitrogens is 5. The summed E-state index contributed by atoms with van der Waals surface area (Å²) in [6, 6.07) is 12.2. The third kappa shape index (κ3) is 4.35. The highest BCUT2D eigenvalue weighted by atomic mass is 32.1. The van der Waals surface area contributed by atoms with Crippen LogP contribution in [0.25, 0.3) is 5.69 Å². The molecule has 0 aliphatic rings. The van der Waals surface area contributed by atoms with Crippen molar-refractivity contribution in [3.05, 3.63) is 80.9 Å². The summed E-state index contributed by atoms with van der Waals surface area (Å²) < 4.78 is 19.5. The minimum absolute atomic E-state index is 0.171. The van der Waals surface area contributed by atoms with Gasteiger partial charge in [0.2, 0.25) is 0 Å². The summed E-state index contributed by atoms with van der Waals surface area (Å²) in [5, 5.41) is 14.2. The van der Waals surface area contributed by atoms with E-state index in [1.54, 1.807) is 29.6 Å². The van der Waals surface area contributed by atoms with Crippen LogP contribution in [0.2, 0.25) is 0 Å². The first-order valence-corrected chi connectivity index (χ1v) is 9.21. The van der Waals surface area contributed by atoms with Crippen molar-refractivity contribution in [1.29, 1.82) is 0 Å². The molecule has 2 N–H and O–H groups in total. The molecule has 0 aliphatic heterocycles.